The van der Waals surface area contributed by atoms with Crippen molar-refractivity contribution in [3.63, 3.8) is 0 Å². The van der Waals surface area contributed by atoms with Gasteiger partial charge in [-0.15, -0.1) is 10.2 Å². The van der Waals surface area contributed by atoms with E-state index in [2.05, 4.69) is 15.5 Å². The summed E-state index contributed by atoms with van der Waals surface area (Å²) >= 11 is 9.95. The zero-order chi connectivity index (χ0) is 17.5. The number of amides is 2. The zero-order valence-corrected chi connectivity index (χ0v) is 15.9. The molecule has 2 amide bonds. The molecule has 0 aliphatic carbocycles. The van der Waals surface area contributed by atoms with E-state index < -0.39 is 5.91 Å². The first kappa shape index (κ1) is 19.0. The van der Waals surface area contributed by atoms with Crippen molar-refractivity contribution in [1.29, 1.82) is 0 Å². The lowest BCUT2D eigenvalue weighted by Gasteiger charge is -2.11. The lowest BCUT2D eigenvalue weighted by atomic mass is 10.2. The third-order valence-electron chi connectivity index (χ3n) is 2.78. The molecule has 128 valence electrons. The SMILES string of the molecule is C[C@@H](Sc1nnc(SCC(N)=O)s1)C(=O)NCc1ccccc1Cl. The van der Waals surface area contributed by atoms with Crippen molar-refractivity contribution in [3.05, 3.63) is 34.9 Å². The Bertz CT molecular complexity index is 726. The van der Waals surface area contributed by atoms with Gasteiger partial charge >= 0.3 is 0 Å². The fourth-order valence-electron chi connectivity index (χ4n) is 1.61. The summed E-state index contributed by atoms with van der Waals surface area (Å²) in [7, 11) is 0. The smallest absolute Gasteiger partial charge is 0.233 e. The van der Waals surface area contributed by atoms with Crippen LogP contribution in [0.1, 0.15) is 12.5 Å². The molecular weight excluding hydrogens is 388 g/mol. The van der Waals surface area contributed by atoms with Crippen molar-refractivity contribution in [2.45, 2.75) is 27.4 Å². The first-order valence-corrected chi connectivity index (χ1v) is 9.94. The number of aromatic nitrogens is 2. The van der Waals surface area contributed by atoms with Crippen molar-refractivity contribution in [2.75, 3.05) is 5.75 Å². The maximum atomic E-state index is 12.2. The number of halogens is 1. The lowest BCUT2D eigenvalue weighted by molar-refractivity contribution is -0.120. The number of nitrogens with zero attached hydrogens (tertiary/aromatic N) is 2. The average molecular weight is 403 g/mol. The molecule has 24 heavy (non-hydrogen) atoms. The fourth-order valence-corrected chi connectivity index (χ4v) is 4.74. The van der Waals surface area contributed by atoms with Gasteiger partial charge < -0.3 is 11.1 Å². The first-order chi connectivity index (χ1) is 11.5. The van der Waals surface area contributed by atoms with Gasteiger partial charge in [0.05, 0.1) is 11.0 Å². The second kappa shape index (κ2) is 9.26. The summed E-state index contributed by atoms with van der Waals surface area (Å²) in [5, 5.41) is 11.1. The largest absolute Gasteiger partial charge is 0.369 e. The molecule has 0 unspecified atom stereocenters. The molecule has 3 N–H and O–H groups in total. The Hall–Kier alpha value is -1.29. The molecule has 0 aliphatic heterocycles. The Morgan fingerprint density at radius 2 is 2.04 bits per heavy atom. The van der Waals surface area contributed by atoms with E-state index in [4.69, 9.17) is 17.3 Å². The van der Waals surface area contributed by atoms with Crippen LogP contribution in [0.4, 0.5) is 0 Å². The summed E-state index contributed by atoms with van der Waals surface area (Å²) in [6.45, 7) is 2.17. The van der Waals surface area contributed by atoms with Crippen LogP contribution in [-0.2, 0) is 16.1 Å². The van der Waals surface area contributed by atoms with Gasteiger partial charge in [-0.25, -0.2) is 0 Å². The maximum Gasteiger partial charge on any atom is 0.233 e. The molecule has 2 aromatic rings. The van der Waals surface area contributed by atoms with E-state index in [1.165, 1.54) is 34.9 Å². The van der Waals surface area contributed by atoms with Crippen LogP contribution in [0.2, 0.25) is 5.02 Å². The topological polar surface area (TPSA) is 98.0 Å². The minimum absolute atomic E-state index is 0.110. The number of benzene rings is 1. The molecule has 0 bridgehead atoms. The van der Waals surface area contributed by atoms with Crippen molar-refractivity contribution in [1.82, 2.24) is 15.5 Å². The number of rotatable bonds is 8. The molecular formula is C14H15ClN4O2S3. The summed E-state index contributed by atoms with van der Waals surface area (Å²) in [4.78, 5) is 22.9. The Labute approximate surface area is 156 Å². The second-order valence-electron chi connectivity index (χ2n) is 4.66. The number of carbonyl (C=O) groups is 2. The Kier molecular flexibility index (Phi) is 7.35. The van der Waals surface area contributed by atoms with Gasteiger partial charge in [0.15, 0.2) is 8.68 Å². The predicted octanol–water partition coefficient (Wildman–Crippen LogP) is 2.57. The van der Waals surface area contributed by atoms with Crippen molar-refractivity contribution in [3.8, 4) is 0 Å². The third-order valence-corrected chi connectivity index (χ3v) is 6.42. The minimum Gasteiger partial charge on any atom is -0.369 e. The highest BCUT2D eigenvalue weighted by Gasteiger charge is 2.17. The van der Waals surface area contributed by atoms with E-state index >= 15 is 0 Å². The Morgan fingerprint density at radius 1 is 1.33 bits per heavy atom. The normalized spacial score (nSPS) is 11.9. The molecule has 0 spiro atoms. The van der Waals surface area contributed by atoms with Gasteiger partial charge in [-0.1, -0.05) is 64.7 Å². The van der Waals surface area contributed by atoms with E-state index in [1.54, 1.807) is 13.0 Å². The van der Waals surface area contributed by atoms with Crippen LogP contribution in [0, 0.1) is 0 Å². The summed E-state index contributed by atoms with van der Waals surface area (Å²) < 4.78 is 1.32. The van der Waals surface area contributed by atoms with Gasteiger partial charge in [0.1, 0.15) is 0 Å². The fraction of sp³-hybridized carbons (Fsp3) is 0.286. The Morgan fingerprint density at radius 3 is 2.75 bits per heavy atom. The molecule has 0 radical (unpaired) electrons. The van der Waals surface area contributed by atoms with Gasteiger partial charge in [-0.2, -0.15) is 0 Å². The molecule has 1 aromatic carbocycles. The van der Waals surface area contributed by atoms with Crippen LogP contribution >= 0.6 is 46.5 Å². The van der Waals surface area contributed by atoms with E-state index in [1.807, 2.05) is 18.2 Å². The quantitative estimate of drug-likeness (QED) is 0.658. The van der Waals surface area contributed by atoms with Crippen molar-refractivity contribution >= 4 is 58.3 Å². The van der Waals surface area contributed by atoms with Crippen LogP contribution in [0.25, 0.3) is 0 Å². The average Bonchev–Trinajstić information content (AvgIpc) is 2.99. The third kappa shape index (κ3) is 5.97. The summed E-state index contributed by atoms with van der Waals surface area (Å²) in [5.74, 6) is -0.356. The highest BCUT2D eigenvalue weighted by molar-refractivity contribution is 8.04. The number of carbonyl (C=O) groups excluding carboxylic acids is 2. The first-order valence-electron chi connectivity index (χ1n) is 6.88. The van der Waals surface area contributed by atoms with Crippen molar-refractivity contribution in [2.24, 2.45) is 5.73 Å². The summed E-state index contributed by atoms with van der Waals surface area (Å²) in [5.41, 5.74) is 5.96. The van der Waals surface area contributed by atoms with E-state index in [-0.39, 0.29) is 16.9 Å². The summed E-state index contributed by atoms with van der Waals surface area (Å²) in [6, 6.07) is 7.37. The van der Waals surface area contributed by atoms with Crippen LogP contribution in [0.3, 0.4) is 0 Å². The van der Waals surface area contributed by atoms with Crippen LogP contribution in [0.5, 0.6) is 0 Å². The lowest BCUT2D eigenvalue weighted by Crippen LogP contribution is -2.30. The summed E-state index contributed by atoms with van der Waals surface area (Å²) in [6.07, 6.45) is 0. The standard InChI is InChI=1S/C14H15ClN4O2S3/c1-8(12(21)17-6-9-4-2-3-5-10(9)15)23-14-19-18-13(24-14)22-7-11(16)20/h2-5,8H,6-7H2,1H3,(H2,16,20)(H,17,21)/t8-/m1/s1. The number of nitrogens with one attached hydrogen (secondary N) is 1. The number of thioether (sulfide) groups is 2. The molecule has 6 nitrogen and oxygen atoms in total. The predicted molar refractivity (Wildman–Crippen MR) is 98.4 cm³/mol. The van der Waals surface area contributed by atoms with E-state index in [0.717, 1.165) is 5.56 Å². The van der Waals surface area contributed by atoms with Gasteiger partial charge in [-0.05, 0) is 18.6 Å². The zero-order valence-electron chi connectivity index (χ0n) is 12.7. The van der Waals surface area contributed by atoms with Crippen LogP contribution in [-0.4, -0.2) is 33.0 Å². The van der Waals surface area contributed by atoms with E-state index in [0.29, 0.717) is 20.2 Å². The van der Waals surface area contributed by atoms with Crippen LogP contribution < -0.4 is 11.1 Å². The highest BCUT2D eigenvalue weighted by Crippen LogP contribution is 2.31. The monoisotopic (exact) mass is 402 g/mol. The van der Waals surface area contributed by atoms with Gasteiger partial charge in [0, 0.05) is 11.6 Å². The molecule has 10 heteroatoms. The molecule has 0 saturated carbocycles. The number of primary amides is 1. The molecule has 1 atom stereocenters. The van der Waals surface area contributed by atoms with Gasteiger partial charge in [-0.3, -0.25) is 9.59 Å². The highest BCUT2D eigenvalue weighted by atomic mass is 35.5. The maximum absolute atomic E-state index is 12.2. The van der Waals surface area contributed by atoms with Crippen LogP contribution in [0.15, 0.2) is 32.9 Å². The van der Waals surface area contributed by atoms with Crippen molar-refractivity contribution < 1.29 is 9.59 Å². The molecule has 1 heterocycles. The number of nitrogens with two attached hydrogens (primary N) is 1. The minimum atomic E-state index is -0.406. The molecule has 0 fully saturated rings. The molecule has 2 rings (SSSR count). The molecule has 0 aliphatic rings. The number of hydrogen-bond donors (Lipinski definition) is 2. The van der Waals surface area contributed by atoms with Gasteiger partial charge in [0.25, 0.3) is 0 Å². The van der Waals surface area contributed by atoms with E-state index in [9.17, 15) is 9.59 Å². The molecule has 0 saturated heterocycles. The Balaban J connectivity index is 1.83. The molecule has 1 aromatic heterocycles. The van der Waals surface area contributed by atoms with Gasteiger partial charge in [0.2, 0.25) is 11.8 Å². The number of hydrogen-bond acceptors (Lipinski definition) is 7. The second-order valence-corrected chi connectivity index (χ2v) is 8.85.